The number of hydrogen-bond donors (Lipinski definition) is 1. The van der Waals surface area contributed by atoms with Crippen LogP contribution in [-0.2, 0) is 10.0 Å². The standard InChI is InChI=1S/C14H15NO3S/c1-11-5-3-8-14(9-11)19(16,17)15-12-6-4-7-13(10-12)18-2/h3-10,15H,1-2H3. The molecule has 19 heavy (non-hydrogen) atoms. The highest BCUT2D eigenvalue weighted by molar-refractivity contribution is 7.92. The van der Waals surface area contributed by atoms with E-state index in [-0.39, 0.29) is 4.90 Å². The van der Waals surface area contributed by atoms with E-state index in [0.29, 0.717) is 11.4 Å². The Morgan fingerprint density at radius 2 is 1.79 bits per heavy atom. The number of ether oxygens (including phenoxy) is 1. The van der Waals surface area contributed by atoms with Crippen molar-refractivity contribution in [3.63, 3.8) is 0 Å². The quantitative estimate of drug-likeness (QED) is 0.935. The summed E-state index contributed by atoms with van der Waals surface area (Å²) in [6.45, 7) is 1.85. The van der Waals surface area contributed by atoms with Crippen molar-refractivity contribution >= 4 is 15.7 Å². The Morgan fingerprint density at radius 1 is 1.05 bits per heavy atom. The summed E-state index contributed by atoms with van der Waals surface area (Å²) in [5.74, 6) is 0.601. The molecule has 0 aliphatic carbocycles. The summed E-state index contributed by atoms with van der Waals surface area (Å²) in [6, 6.07) is 13.6. The summed E-state index contributed by atoms with van der Waals surface area (Å²) in [6.07, 6.45) is 0. The molecule has 1 N–H and O–H groups in total. The lowest BCUT2D eigenvalue weighted by molar-refractivity contribution is 0.415. The number of nitrogens with one attached hydrogen (secondary N) is 1. The normalized spacial score (nSPS) is 11.1. The molecule has 0 aliphatic heterocycles. The molecule has 0 bridgehead atoms. The van der Waals surface area contributed by atoms with Crippen molar-refractivity contribution in [1.82, 2.24) is 0 Å². The van der Waals surface area contributed by atoms with Crippen molar-refractivity contribution in [3.05, 3.63) is 54.1 Å². The van der Waals surface area contributed by atoms with Gasteiger partial charge in [0.05, 0.1) is 17.7 Å². The zero-order chi connectivity index (χ0) is 13.9. The molecule has 0 aromatic heterocycles. The maximum Gasteiger partial charge on any atom is 0.261 e. The molecule has 0 saturated carbocycles. The molecule has 0 aliphatic rings. The van der Waals surface area contributed by atoms with Gasteiger partial charge in [0, 0.05) is 6.07 Å². The second kappa shape index (κ2) is 5.32. The Bertz CT molecular complexity index is 681. The average molecular weight is 277 g/mol. The van der Waals surface area contributed by atoms with Gasteiger partial charge in [-0.15, -0.1) is 0 Å². The van der Waals surface area contributed by atoms with Crippen molar-refractivity contribution in [2.75, 3.05) is 11.8 Å². The first-order chi connectivity index (χ1) is 9.01. The van der Waals surface area contributed by atoms with Gasteiger partial charge in [-0.25, -0.2) is 8.42 Å². The molecule has 5 heteroatoms. The lowest BCUT2D eigenvalue weighted by atomic mass is 10.2. The van der Waals surface area contributed by atoms with Crippen LogP contribution in [-0.4, -0.2) is 15.5 Å². The first-order valence-electron chi connectivity index (χ1n) is 5.75. The molecular weight excluding hydrogens is 262 g/mol. The molecule has 0 amide bonds. The van der Waals surface area contributed by atoms with Crippen LogP contribution in [0.25, 0.3) is 0 Å². The molecule has 0 fully saturated rings. The van der Waals surface area contributed by atoms with Crippen LogP contribution in [0.2, 0.25) is 0 Å². The van der Waals surface area contributed by atoms with Crippen LogP contribution in [0.5, 0.6) is 5.75 Å². The minimum Gasteiger partial charge on any atom is -0.497 e. The fourth-order valence-electron chi connectivity index (χ4n) is 1.68. The monoisotopic (exact) mass is 277 g/mol. The van der Waals surface area contributed by atoms with Crippen LogP contribution >= 0.6 is 0 Å². The Hall–Kier alpha value is -2.01. The minimum absolute atomic E-state index is 0.246. The van der Waals surface area contributed by atoms with Crippen LogP contribution in [0, 0.1) is 6.92 Å². The summed E-state index contributed by atoms with van der Waals surface area (Å²) in [5.41, 5.74) is 1.37. The van der Waals surface area contributed by atoms with Crippen LogP contribution in [0.15, 0.2) is 53.4 Å². The second-order valence-corrected chi connectivity index (χ2v) is 5.84. The highest BCUT2D eigenvalue weighted by Crippen LogP contribution is 2.20. The van der Waals surface area contributed by atoms with E-state index in [1.165, 1.54) is 7.11 Å². The van der Waals surface area contributed by atoms with Crippen molar-refractivity contribution < 1.29 is 13.2 Å². The first kappa shape index (κ1) is 13.4. The van der Waals surface area contributed by atoms with Gasteiger partial charge in [0.15, 0.2) is 0 Å². The van der Waals surface area contributed by atoms with Gasteiger partial charge in [-0.05, 0) is 36.8 Å². The highest BCUT2D eigenvalue weighted by Gasteiger charge is 2.14. The van der Waals surface area contributed by atoms with Gasteiger partial charge in [0.1, 0.15) is 5.75 Å². The third-order valence-electron chi connectivity index (χ3n) is 2.62. The summed E-state index contributed by atoms with van der Waals surface area (Å²) in [7, 11) is -2.03. The van der Waals surface area contributed by atoms with E-state index in [2.05, 4.69) is 4.72 Å². The van der Waals surface area contributed by atoms with Gasteiger partial charge < -0.3 is 4.74 Å². The van der Waals surface area contributed by atoms with E-state index < -0.39 is 10.0 Å². The van der Waals surface area contributed by atoms with E-state index in [1.807, 2.05) is 13.0 Å². The van der Waals surface area contributed by atoms with E-state index in [0.717, 1.165) is 5.56 Å². The average Bonchev–Trinajstić information content (AvgIpc) is 2.38. The molecule has 0 spiro atoms. The molecule has 4 nitrogen and oxygen atoms in total. The molecule has 0 unspecified atom stereocenters. The number of rotatable bonds is 4. The van der Waals surface area contributed by atoms with Crippen LogP contribution in [0.1, 0.15) is 5.56 Å². The number of benzene rings is 2. The molecule has 100 valence electrons. The Morgan fingerprint density at radius 3 is 2.47 bits per heavy atom. The van der Waals surface area contributed by atoms with Crippen LogP contribution in [0.3, 0.4) is 0 Å². The Balaban J connectivity index is 2.31. The summed E-state index contributed by atoms with van der Waals surface area (Å²) >= 11 is 0. The summed E-state index contributed by atoms with van der Waals surface area (Å²) in [5, 5.41) is 0. The number of anilines is 1. The van der Waals surface area contributed by atoms with Crippen LogP contribution < -0.4 is 9.46 Å². The zero-order valence-electron chi connectivity index (χ0n) is 10.8. The van der Waals surface area contributed by atoms with Crippen LogP contribution in [0.4, 0.5) is 5.69 Å². The lowest BCUT2D eigenvalue weighted by Gasteiger charge is -2.09. The number of aryl methyl sites for hydroxylation is 1. The van der Waals surface area contributed by atoms with Gasteiger partial charge in [-0.1, -0.05) is 18.2 Å². The molecular formula is C14H15NO3S. The largest absolute Gasteiger partial charge is 0.497 e. The lowest BCUT2D eigenvalue weighted by Crippen LogP contribution is -2.13. The third kappa shape index (κ3) is 3.26. The van der Waals surface area contributed by atoms with Gasteiger partial charge >= 0.3 is 0 Å². The maximum absolute atomic E-state index is 12.2. The van der Waals surface area contributed by atoms with Gasteiger partial charge in [0.25, 0.3) is 10.0 Å². The van der Waals surface area contributed by atoms with Crippen molar-refractivity contribution in [2.45, 2.75) is 11.8 Å². The van der Waals surface area contributed by atoms with Crippen molar-refractivity contribution in [1.29, 1.82) is 0 Å². The predicted octanol–water partition coefficient (Wildman–Crippen LogP) is 2.80. The van der Waals surface area contributed by atoms with Crippen molar-refractivity contribution in [2.24, 2.45) is 0 Å². The van der Waals surface area contributed by atoms with Gasteiger partial charge in [-0.2, -0.15) is 0 Å². The molecule has 0 saturated heterocycles. The topological polar surface area (TPSA) is 55.4 Å². The number of hydrogen-bond acceptors (Lipinski definition) is 3. The Labute approximate surface area is 113 Å². The van der Waals surface area contributed by atoms with E-state index in [4.69, 9.17) is 4.74 Å². The van der Waals surface area contributed by atoms with Gasteiger partial charge in [0.2, 0.25) is 0 Å². The molecule has 0 atom stereocenters. The fraction of sp³-hybridized carbons (Fsp3) is 0.143. The molecule has 2 rings (SSSR count). The Kier molecular flexibility index (Phi) is 3.76. The van der Waals surface area contributed by atoms with E-state index in [9.17, 15) is 8.42 Å². The molecule has 0 heterocycles. The zero-order valence-corrected chi connectivity index (χ0v) is 11.6. The molecule has 2 aromatic carbocycles. The predicted molar refractivity (Wildman–Crippen MR) is 75.0 cm³/mol. The summed E-state index contributed by atoms with van der Waals surface area (Å²) in [4.78, 5) is 0.246. The third-order valence-corrected chi connectivity index (χ3v) is 4.00. The number of methoxy groups -OCH3 is 1. The molecule has 2 aromatic rings. The van der Waals surface area contributed by atoms with Crippen molar-refractivity contribution in [3.8, 4) is 5.75 Å². The fourth-order valence-corrected chi connectivity index (χ4v) is 2.84. The SMILES string of the molecule is COc1cccc(NS(=O)(=O)c2cccc(C)c2)c1. The maximum atomic E-state index is 12.2. The number of sulfonamides is 1. The first-order valence-corrected chi connectivity index (χ1v) is 7.23. The van der Waals surface area contributed by atoms with E-state index >= 15 is 0 Å². The summed E-state index contributed by atoms with van der Waals surface area (Å²) < 4.78 is 32.0. The van der Waals surface area contributed by atoms with Gasteiger partial charge in [-0.3, -0.25) is 4.72 Å². The minimum atomic E-state index is -3.57. The van der Waals surface area contributed by atoms with E-state index in [1.54, 1.807) is 42.5 Å². The molecule has 0 radical (unpaired) electrons. The highest BCUT2D eigenvalue weighted by atomic mass is 32.2. The smallest absolute Gasteiger partial charge is 0.261 e. The second-order valence-electron chi connectivity index (χ2n) is 4.15.